The summed E-state index contributed by atoms with van der Waals surface area (Å²) in [5, 5.41) is 5.03. The molecule has 0 aliphatic carbocycles. The molecule has 0 aliphatic rings. The maximum Gasteiger partial charge on any atom is 0.204 e. The van der Waals surface area contributed by atoms with Gasteiger partial charge in [-0.2, -0.15) is 5.10 Å². The van der Waals surface area contributed by atoms with Crippen molar-refractivity contribution in [2.75, 3.05) is 5.43 Å². The molecule has 0 unspecified atom stereocenters. The molecule has 0 bridgehead atoms. The van der Waals surface area contributed by atoms with Crippen molar-refractivity contribution in [1.82, 2.24) is 4.98 Å². The Morgan fingerprint density at radius 2 is 2.10 bits per heavy atom. The van der Waals surface area contributed by atoms with Gasteiger partial charge in [0.25, 0.3) is 0 Å². The Morgan fingerprint density at radius 1 is 1.25 bits per heavy atom. The van der Waals surface area contributed by atoms with Crippen LogP contribution in [0.15, 0.2) is 52.0 Å². The van der Waals surface area contributed by atoms with E-state index >= 15 is 0 Å². The summed E-state index contributed by atoms with van der Waals surface area (Å²) in [5.41, 5.74) is 6.22. The number of aromatic nitrogens is 1. The second kappa shape index (κ2) is 5.73. The van der Waals surface area contributed by atoms with Crippen molar-refractivity contribution in [2.45, 2.75) is 6.92 Å². The number of anilines is 1. The van der Waals surface area contributed by atoms with Crippen molar-refractivity contribution in [3.8, 4) is 0 Å². The van der Waals surface area contributed by atoms with E-state index in [2.05, 4.69) is 50.5 Å². The van der Waals surface area contributed by atoms with Crippen LogP contribution in [0.2, 0.25) is 0 Å². The van der Waals surface area contributed by atoms with E-state index < -0.39 is 0 Å². The summed E-state index contributed by atoms with van der Waals surface area (Å²) >= 11 is 5.11. The third kappa shape index (κ3) is 2.89. The average molecular weight is 346 g/mol. The lowest BCUT2D eigenvalue weighted by molar-refractivity contribution is 1.31. The van der Waals surface area contributed by atoms with Crippen molar-refractivity contribution < 1.29 is 0 Å². The fraction of sp³-hybridized carbons (Fsp3) is 0.0667. The van der Waals surface area contributed by atoms with E-state index in [0.717, 1.165) is 25.4 Å². The molecule has 0 radical (unpaired) electrons. The SMILES string of the molecule is Cc1ccc(/C=N\Nc2nc3ccccc3s2)cc1Br. The molecule has 0 spiro atoms. The Hall–Kier alpha value is -1.72. The lowest BCUT2D eigenvalue weighted by Crippen LogP contribution is -1.90. The highest BCUT2D eigenvalue weighted by molar-refractivity contribution is 9.10. The third-order valence-corrected chi connectivity index (χ3v) is 4.66. The first kappa shape index (κ1) is 13.3. The van der Waals surface area contributed by atoms with Gasteiger partial charge >= 0.3 is 0 Å². The van der Waals surface area contributed by atoms with Crippen molar-refractivity contribution in [3.05, 3.63) is 58.1 Å². The molecule has 3 nitrogen and oxygen atoms in total. The minimum absolute atomic E-state index is 0.800. The van der Waals surface area contributed by atoms with Crippen LogP contribution < -0.4 is 5.43 Å². The summed E-state index contributed by atoms with van der Waals surface area (Å²) in [6, 6.07) is 14.2. The van der Waals surface area contributed by atoms with Crippen molar-refractivity contribution in [3.63, 3.8) is 0 Å². The number of hydrogen-bond acceptors (Lipinski definition) is 4. The molecule has 1 N–H and O–H groups in total. The smallest absolute Gasteiger partial charge is 0.204 e. The zero-order chi connectivity index (χ0) is 13.9. The fourth-order valence-electron chi connectivity index (χ4n) is 1.77. The standard InChI is InChI=1S/C15H12BrN3S/c1-10-6-7-11(8-12(10)16)9-17-19-15-18-13-4-2-3-5-14(13)20-15/h2-9H,1H3,(H,18,19)/b17-9-. The van der Waals surface area contributed by atoms with Crippen LogP contribution in [-0.2, 0) is 0 Å². The van der Waals surface area contributed by atoms with E-state index in [-0.39, 0.29) is 0 Å². The lowest BCUT2D eigenvalue weighted by Gasteiger charge is -1.99. The van der Waals surface area contributed by atoms with Crippen LogP contribution in [0.25, 0.3) is 10.2 Å². The minimum Gasteiger partial charge on any atom is -0.253 e. The highest BCUT2D eigenvalue weighted by Gasteiger charge is 2.01. The van der Waals surface area contributed by atoms with Gasteiger partial charge in [0, 0.05) is 4.47 Å². The molecular formula is C15H12BrN3S. The fourth-order valence-corrected chi connectivity index (χ4v) is 2.98. The van der Waals surface area contributed by atoms with Crippen LogP contribution >= 0.6 is 27.3 Å². The average Bonchev–Trinajstić information content (AvgIpc) is 2.85. The molecule has 2 aromatic carbocycles. The number of benzene rings is 2. The van der Waals surface area contributed by atoms with Crippen molar-refractivity contribution in [1.29, 1.82) is 0 Å². The number of nitrogens with one attached hydrogen (secondary N) is 1. The van der Waals surface area contributed by atoms with Gasteiger partial charge in [0.05, 0.1) is 16.4 Å². The third-order valence-electron chi connectivity index (χ3n) is 2.86. The van der Waals surface area contributed by atoms with E-state index in [1.54, 1.807) is 17.6 Å². The van der Waals surface area contributed by atoms with Crippen LogP contribution in [0.4, 0.5) is 5.13 Å². The Bertz CT molecular complexity index is 747. The molecule has 0 saturated heterocycles. The topological polar surface area (TPSA) is 37.3 Å². The summed E-state index contributed by atoms with van der Waals surface area (Å²) in [4.78, 5) is 4.46. The van der Waals surface area contributed by atoms with Gasteiger partial charge in [-0.05, 0) is 36.2 Å². The second-order valence-corrected chi connectivity index (χ2v) is 6.25. The second-order valence-electron chi connectivity index (χ2n) is 4.37. The Kier molecular flexibility index (Phi) is 3.80. The van der Waals surface area contributed by atoms with E-state index in [0.29, 0.717) is 0 Å². The van der Waals surface area contributed by atoms with E-state index in [1.165, 1.54) is 5.56 Å². The van der Waals surface area contributed by atoms with Crippen LogP contribution in [-0.4, -0.2) is 11.2 Å². The Labute approximate surface area is 129 Å². The molecule has 0 fully saturated rings. The zero-order valence-electron chi connectivity index (χ0n) is 10.8. The summed E-state index contributed by atoms with van der Waals surface area (Å²) in [7, 11) is 0. The first-order valence-corrected chi connectivity index (χ1v) is 7.74. The molecule has 20 heavy (non-hydrogen) atoms. The van der Waals surface area contributed by atoms with Gasteiger partial charge < -0.3 is 0 Å². The number of rotatable bonds is 3. The maximum atomic E-state index is 4.46. The molecule has 0 saturated carbocycles. The molecule has 0 amide bonds. The van der Waals surface area contributed by atoms with Crippen LogP contribution in [0, 0.1) is 6.92 Å². The monoisotopic (exact) mass is 345 g/mol. The summed E-state index contributed by atoms with van der Waals surface area (Å²) in [6.07, 6.45) is 1.79. The molecule has 0 atom stereocenters. The van der Waals surface area contributed by atoms with E-state index in [1.807, 2.05) is 30.3 Å². The largest absolute Gasteiger partial charge is 0.253 e. The van der Waals surface area contributed by atoms with Gasteiger partial charge in [0.15, 0.2) is 0 Å². The number of aryl methyl sites for hydroxylation is 1. The molecule has 5 heteroatoms. The highest BCUT2D eigenvalue weighted by Crippen LogP contribution is 2.25. The van der Waals surface area contributed by atoms with E-state index in [4.69, 9.17) is 0 Å². The number of hydrogen-bond donors (Lipinski definition) is 1. The summed E-state index contributed by atoms with van der Waals surface area (Å²) in [5.74, 6) is 0. The number of nitrogens with zero attached hydrogens (tertiary/aromatic N) is 2. The molecule has 3 aromatic rings. The Morgan fingerprint density at radius 3 is 2.90 bits per heavy atom. The van der Waals surface area contributed by atoms with Crippen molar-refractivity contribution in [2.24, 2.45) is 5.10 Å². The van der Waals surface area contributed by atoms with Gasteiger partial charge in [-0.1, -0.05) is 51.5 Å². The first-order chi connectivity index (χ1) is 9.72. The summed E-state index contributed by atoms with van der Waals surface area (Å²) < 4.78 is 2.24. The van der Waals surface area contributed by atoms with Gasteiger partial charge in [-0.25, -0.2) is 4.98 Å². The molecule has 0 aliphatic heterocycles. The quantitative estimate of drug-likeness (QED) is 0.546. The zero-order valence-corrected chi connectivity index (χ0v) is 13.2. The highest BCUT2D eigenvalue weighted by atomic mass is 79.9. The van der Waals surface area contributed by atoms with Crippen molar-refractivity contribution >= 4 is 48.8 Å². The predicted octanol–water partition coefficient (Wildman–Crippen LogP) is 4.81. The number of fused-ring (bicyclic) bond motifs is 1. The van der Waals surface area contributed by atoms with Crippen LogP contribution in [0.5, 0.6) is 0 Å². The number of hydrazone groups is 1. The molecule has 3 rings (SSSR count). The van der Waals surface area contributed by atoms with Gasteiger partial charge in [0.2, 0.25) is 5.13 Å². The normalized spacial score (nSPS) is 11.3. The minimum atomic E-state index is 0.800. The van der Waals surface area contributed by atoms with Gasteiger partial charge in [-0.15, -0.1) is 0 Å². The van der Waals surface area contributed by atoms with Gasteiger partial charge in [-0.3, -0.25) is 5.43 Å². The number of thiazole rings is 1. The maximum absolute atomic E-state index is 4.46. The van der Waals surface area contributed by atoms with E-state index in [9.17, 15) is 0 Å². The molecule has 1 aromatic heterocycles. The predicted molar refractivity (Wildman–Crippen MR) is 89.7 cm³/mol. The molecule has 1 heterocycles. The molecule has 100 valence electrons. The summed E-state index contributed by atoms with van der Waals surface area (Å²) in [6.45, 7) is 2.06. The number of para-hydroxylation sites is 1. The lowest BCUT2D eigenvalue weighted by atomic mass is 10.2. The number of halogens is 1. The first-order valence-electron chi connectivity index (χ1n) is 6.13. The molecular weight excluding hydrogens is 334 g/mol. The van der Waals surface area contributed by atoms with Crippen LogP contribution in [0.3, 0.4) is 0 Å². The van der Waals surface area contributed by atoms with Crippen LogP contribution in [0.1, 0.15) is 11.1 Å². The Balaban J connectivity index is 1.75. The van der Waals surface area contributed by atoms with Gasteiger partial charge in [0.1, 0.15) is 0 Å².